The van der Waals surface area contributed by atoms with Crippen molar-refractivity contribution in [2.24, 2.45) is 0 Å². The Hall–Kier alpha value is -2.12. The van der Waals surface area contributed by atoms with Gasteiger partial charge in [-0.1, -0.05) is 40.5 Å². The molecule has 0 aliphatic heterocycles. The number of anilines is 1. The summed E-state index contributed by atoms with van der Waals surface area (Å²) in [5, 5.41) is 19.5. The molecule has 5 nitrogen and oxygen atoms in total. The largest absolute Gasteiger partial charge is 0.352 e. The summed E-state index contributed by atoms with van der Waals surface area (Å²) in [5.41, 5.74) is 6.72. The molecule has 33 heavy (non-hydrogen) atoms. The first-order valence-electron chi connectivity index (χ1n) is 11.7. The van der Waals surface area contributed by atoms with E-state index in [-0.39, 0.29) is 6.04 Å². The highest BCUT2D eigenvalue weighted by Gasteiger charge is 2.15. The Morgan fingerprint density at radius 3 is 2.24 bits per heavy atom. The van der Waals surface area contributed by atoms with Crippen molar-refractivity contribution < 1.29 is 0 Å². The highest BCUT2D eigenvalue weighted by atomic mass is 32.2. The first kappa shape index (κ1) is 27.1. The average Bonchev–Trinajstić information content (AvgIpc) is 3.47. The molecule has 0 aliphatic rings. The summed E-state index contributed by atoms with van der Waals surface area (Å²) in [6.45, 7) is 11.1. The van der Waals surface area contributed by atoms with E-state index in [2.05, 4.69) is 84.0 Å². The predicted molar refractivity (Wildman–Crippen MR) is 146 cm³/mol. The van der Waals surface area contributed by atoms with Gasteiger partial charge in [-0.3, -0.25) is 0 Å². The Morgan fingerprint density at radius 1 is 1.00 bits per heavy atom. The topological polar surface area (TPSA) is 66.5 Å². The molecule has 1 atom stereocenters. The van der Waals surface area contributed by atoms with Crippen molar-refractivity contribution >= 4 is 28.2 Å². The van der Waals surface area contributed by atoms with Gasteiger partial charge in [0.25, 0.3) is 0 Å². The fourth-order valence-electron chi connectivity index (χ4n) is 3.25. The molecule has 2 aromatic heterocycles. The molecule has 7 heteroatoms. The van der Waals surface area contributed by atoms with Gasteiger partial charge in [0, 0.05) is 17.3 Å². The van der Waals surface area contributed by atoms with E-state index in [9.17, 15) is 0 Å². The number of hydrogen-bond donors (Lipinski definition) is 2. The van der Waals surface area contributed by atoms with Crippen LogP contribution in [0.4, 0.5) is 5.13 Å². The van der Waals surface area contributed by atoms with Crippen LogP contribution in [-0.2, 0) is 0 Å². The van der Waals surface area contributed by atoms with Gasteiger partial charge in [0.2, 0.25) is 0 Å². The highest BCUT2D eigenvalue weighted by Crippen LogP contribution is 2.24. The van der Waals surface area contributed by atoms with Crippen LogP contribution in [0.25, 0.3) is 0 Å². The Kier molecular flexibility index (Phi) is 12.9. The van der Waals surface area contributed by atoms with Gasteiger partial charge in [-0.2, -0.15) is 15.4 Å². The van der Waals surface area contributed by atoms with E-state index in [1.807, 2.05) is 23.3 Å². The number of nitrogens with zero attached hydrogens (tertiary/aromatic N) is 3. The Balaban J connectivity index is 1.70. The smallest absolute Gasteiger partial charge is 0.183 e. The number of thiazole rings is 1. The van der Waals surface area contributed by atoms with Gasteiger partial charge in [-0.15, -0.1) is 23.1 Å². The van der Waals surface area contributed by atoms with Gasteiger partial charge in [-0.05, 0) is 78.6 Å². The van der Waals surface area contributed by atoms with Crippen molar-refractivity contribution in [1.29, 1.82) is 0 Å². The van der Waals surface area contributed by atoms with Crippen molar-refractivity contribution in [1.82, 2.24) is 20.4 Å². The summed E-state index contributed by atoms with van der Waals surface area (Å²) in [6.07, 6.45) is 17.5. The van der Waals surface area contributed by atoms with Crippen molar-refractivity contribution in [2.75, 3.05) is 11.1 Å². The molecule has 0 spiro atoms. The number of hydrogen-bond acceptors (Lipinski definition) is 6. The highest BCUT2D eigenvalue weighted by molar-refractivity contribution is 8.02. The lowest BCUT2D eigenvalue weighted by atomic mass is 10.0. The monoisotopic (exact) mass is 485 g/mol. The average molecular weight is 486 g/mol. The Bertz CT molecular complexity index is 905. The molecule has 0 bridgehead atoms. The molecule has 2 rings (SSSR count). The standard InChI is InChI=1S/C26H39N5S2/c1-20(2)9-6-10-21(3)11-7-12-22(4)13-8-14-23(5)18-32-19-25(24-17-28-31-30-24)29-26-27-15-16-33-26/h9,11,13,15-18,25H,6-8,10,12,14,19H2,1-5H3,(H,27,29)(H,28,30,31). The molecule has 180 valence electrons. The molecule has 0 amide bonds. The van der Waals surface area contributed by atoms with Crippen LogP contribution in [0.15, 0.2) is 63.7 Å². The van der Waals surface area contributed by atoms with Crippen LogP contribution in [-0.4, -0.2) is 26.1 Å². The number of allylic oxidation sites excluding steroid dienone is 7. The van der Waals surface area contributed by atoms with Gasteiger partial charge in [0.1, 0.15) is 5.69 Å². The number of H-pyrrole nitrogens is 1. The summed E-state index contributed by atoms with van der Waals surface area (Å²) in [6, 6.07) is 0.0737. The van der Waals surface area contributed by atoms with E-state index in [1.54, 1.807) is 17.5 Å². The minimum Gasteiger partial charge on any atom is -0.352 e. The summed E-state index contributed by atoms with van der Waals surface area (Å²) in [7, 11) is 0. The van der Waals surface area contributed by atoms with Gasteiger partial charge in [0.15, 0.2) is 5.13 Å². The second-order valence-electron chi connectivity index (χ2n) is 8.73. The molecule has 1 unspecified atom stereocenters. The molecular weight excluding hydrogens is 446 g/mol. The van der Waals surface area contributed by atoms with Gasteiger partial charge in [0.05, 0.1) is 12.2 Å². The lowest BCUT2D eigenvalue weighted by Crippen LogP contribution is -2.13. The number of aromatic amines is 1. The van der Waals surface area contributed by atoms with Crippen LogP contribution in [0.3, 0.4) is 0 Å². The third-order valence-corrected chi connectivity index (χ3v) is 7.02. The predicted octanol–water partition coefficient (Wildman–Crippen LogP) is 8.25. The van der Waals surface area contributed by atoms with Crippen LogP contribution in [0.2, 0.25) is 0 Å². The second kappa shape index (κ2) is 15.7. The first-order chi connectivity index (χ1) is 15.9. The van der Waals surface area contributed by atoms with E-state index in [0.29, 0.717) is 0 Å². The van der Waals surface area contributed by atoms with Gasteiger partial charge < -0.3 is 5.32 Å². The normalized spacial score (nSPS) is 13.8. The Labute approximate surface area is 208 Å². The number of aromatic nitrogens is 4. The number of rotatable bonds is 15. The van der Waals surface area contributed by atoms with Crippen molar-refractivity contribution in [3.63, 3.8) is 0 Å². The maximum absolute atomic E-state index is 4.33. The van der Waals surface area contributed by atoms with Crippen LogP contribution >= 0.6 is 23.1 Å². The minimum atomic E-state index is 0.0737. The molecule has 0 aliphatic carbocycles. The SMILES string of the molecule is CC(C)=CCCC(C)=CCCC(C)=CCCC(C)=CSCC(Nc1nccs1)c1cn[nH]n1. The number of nitrogens with one attached hydrogen (secondary N) is 2. The molecule has 0 fully saturated rings. The summed E-state index contributed by atoms with van der Waals surface area (Å²) in [4.78, 5) is 4.33. The van der Waals surface area contributed by atoms with Crippen LogP contribution in [0.5, 0.6) is 0 Å². The van der Waals surface area contributed by atoms with Gasteiger partial charge in [-0.25, -0.2) is 4.98 Å². The summed E-state index contributed by atoms with van der Waals surface area (Å²) < 4.78 is 0. The molecule has 0 saturated carbocycles. The quantitative estimate of drug-likeness (QED) is 0.249. The van der Waals surface area contributed by atoms with Gasteiger partial charge >= 0.3 is 0 Å². The summed E-state index contributed by atoms with van der Waals surface area (Å²) in [5.74, 6) is 0.873. The van der Waals surface area contributed by atoms with Crippen LogP contribution in [0.1, 0.15) is 84.9 Å². The fourth-order valence-corrected chi connectivity index (χ4v) is 4.78. The third kappa shape index (κ3) is 12.1. The first-order valence-corrected chi connectivity index (χ1v) is 13.6. The molecule has 0 aromatic carbocycles. The number of thioether (sulfide) groups is 1. The van der Waals surface area contributed by atoms with E-state index in [0.717, 1.165) is 48.7 Å². The van der Waals surface area contributed by atoms with Crippen molar-refractivity contribution in [3.8, 4) is 0 Å². The summed E-state index contributed by atoms with van der Waals surface area (Å²) >= 11 is 3.41. The maximum atomic E-state index is 4.33. The lowest BCUT2D eigenvalue weighted by Gasteiger charge is -2.14. The molecule has 2 N–H and O–H groups in total. The lowest BCUT2D eigenvalue weighted by molar-refractivity contribution is 0.826. The zero-order chi connectivity index (χ0) is 23.9. The fraction of sp³-hybridized carbons (Fsp3) is 0.500. The molecule has 2 aromatic rings. The molecule has 0 radical (unpaired) electrons. The maximum Gasteiger partial charge on any atom is 0.183 e. The van der Waals surface area contributed by atoms with Crippen molar-refractivity contribution in [2.45, 2.75) is 79.2 Å². The van der Waals surface area contributed by atoms with E-state index >= 15 is 0 Å². The van der Waals surface area contributed by atoms with Crippen LogP contribution < -0.4 is 5.32 Å². The van der Waals surface area contributed by atoms with E-state index < -0.39 is 0 Å². The second-order valence-corrected chi connectivity index (χ2v) is 10.5. The molecule has 0 saturated heterocycles. The molecular formula is C26H39N5S2. The zero-order valence-corrected chi connectivity index (χ0v) is 22.4. The Morgan fingerprint density at radius 2 is 1.67 bits per heavy atom. The minimum absolute atomic E-state index is 0.0737. The van der Waals surface area contributed by atoms with E-state index in [1.165, 1.54) is 28.7 Å². The van der Waals surface area contributed by atoms with E-state index in [4.69, 9.17) is 0 Å². The van der Waals surface area contributed by atoms with Crippen LogP contribution in [0, 0.1) is 0 Å². The van der Waals surface area contributed by atoms with Crippen molar-refractivity contribution in [3.05, 3.63) is 69.4 Å². The third-order valence-electron chi connectivity index (χ3n) is 5.22. The zero-order valence-electron chi connectivity index (χ0n) is 20.7. The molecule has 2 heterocycles.